The average Bonchev–Trinajstić information content (AvgIpc) is 2.48. The summed E-state index contributed by atoms with van der Waals surface area (Å²) in [5.74, 6) is -0.498. The summed E-state index contributed by atoms with van der Waals surface area (Å²) in [4.78, 5) is 22.3. The molecule has 0 aliphatic rings. The van der Waals surface area contributed by atoms with Gasteiger partial charge in [-0.3, -0.25) is 9.59 Å². The summed E-state index contributed by atoms with van der Waals surface area (Å²) in [6.45, 7) is -0.835. The molecule has 0 atom stereocenters. The van der Waals surface area contributed by atoms with Crippen molar-refractivity contribution in [3.05, 3.63) is 29.8 Å². The number of nitrogens with two attached hydrogens (primary N) is 1. The first kappa shape index (κ1) is 16.8. The van der Waals surface area contributed by atoms with Crippen molar-refractivity contribution in [3.8, 4) is 5.75 Å². The van der Waals surface area contributed by atoms with Crippen molar-refractivity contribution in [2.45, 2.75) is 13.0 Å². The first-order chi connectivity index (χ1) is 10.0. The molecule has 116 valence electrons. The molecule has 8 heteroatoms. The Morgan fingerprint density at radius 1 is 1.24 bits per heavy atom. The summed E-state index contributed by atoms with van der Waals surface area (Å²) in [5.41, 5.74) is 5.77. The van der Waals surface area contributed by atoms with Gasteiger partial charge in [0.15, 0.2) is 0 Å². The molecule has 1 aromatic rings. The van der Waals surface area contributed by atoms with Crippen molar-refractivity contribution in [3.63, 3.8) is 0 Å². The van der Waals surface area contributed by atoms with Crippen molar-refractivity contribution < 1.29 is 23.1 Å². The van der Waals surface area contributed by atoms with E-state index in [1.165, 1.54) is 0 Å². The van der Waals surface area contributed by atoms with E-state index in [1.807, 2.05) is 0 Å². The fourth-order valence-corrected chi connectivity index (χ4v) is 1.42. The van der Waals surface area contributed by atoms with Gasteiger partial charge < -0.3 is 21.1 Å². The number of carbonyl (C=O) groups excluding carboxylic acids is 2. The van der Waals surface area contributed by atoms with Gasteiger partial charge in [0.1, 0.15) is 12.4 Å². The van der Waals surface area contributed by atoms with E-state index in [1.54, 1.807) is 24.3 Å². The van der Waals surface area contributed by atoms with Crippen LogP contribution in [0.15, 0.2) is 24.3 Å². The molecular weight excluding hydrogens is 284 g/mol. The number of rotatable bonds is 8. The van der Waals surface area contributed by atoms with E-state index in [0.29, 0.717) is 11.3 Å². The molecule has 2 amide bonds. The van der Waals surface area contributed by atoms with Crippen LogP contribution >= 0.6 is 0 Å². The number of carbonyl (C=O) groups is 2. The Morgan fingerprint density at radius 2 is 2.00 bits per heavy atom. The Balaban J connectivity index is 2.39. The van der Waals surface area contributed by atoms with Crippen LogP contribution in [0.5, 0.6) is 5.75 Å². The monoisotopic (exact) mass is 301 g/mol. The minimum Gasteiger partial charge on any atom is -0.488 e. The number of hydrogen-bond donors (Lipinski definition) is 3. The zero-order chi connectivity index (χ0) is 15.7. The van der Waals surface area contributed by atoms with Crippen molar-refractivity contribution >= 4 is 11.8 Å². The highest BCUT2D eigenvalue weighted by Gasteiger charge is 2.06. The van der Waals surface area contributed by atoms with E-state index in [-0.39, 0.29) is 25.5 Å². The summed E-state index contributed by atoms with van der Waals surface area (Å²) in [6.07, 6.45) is -2.54. The van der Waals surface area contributed by atoms with E-state index in [0.717, 1.165) is 0 Å². The van der Waals surface area contributed by atoms with E-state index in [4.69, 9.17) is 10.5 Å². The Morgan fingerprint density at radius 3 is 2.67 bits per heavy atom. The molecule has 0 saturated heterocycles. The Kier molecular flexibility index (Phi) is 7.10. The van der Waals surface area contributed by atoms with Gasteiger partial charge in [-0.05, 0) is 17.7 Å². The van der Waals surface area contributed by atoms with Gasteiger partial charge >= 0.3 is 0 Å². The fraction of sp³-hybridized carbons (Fsp3) is 0.385. The van der Waals surface area contributed by atoms with Crippen LogP contribution in [-0.4, -0.2) is 37.9 Å². The smallest absolute Gasteiger partial charge is 0.272 e. The lowest BCUT2D eigenvalue weighted by molar-refractivity contribution is -0.125. The highest BCUT2D eigenvalue weighted by atomic mass is 19.3. The molecule has 1 rings (SSSR count). The molecule has 0 unspecified atom stereocenters. The van der Waals surface area contributed by atoms with Gasteiger partial charge in [-0.1, -0.05) is 12.1 Å². The van der Waals surface area contributed by atoms with Gasteiger partial charge in [0.25, 0.3) is 6.43 Å². The summed E-state index contributed by atoms with van der Waals surface area (Å²) in [5, 5.41) is 4.90. The van der Waals surface area contributed by atoms with Crippen LogP contribution in [0.4, 0.5) is 8.78 Å². The van der Waals surface area contributed by atoms with Gasteiger partial charge in [-0.2, -0.15) is 0 Å². The van der Waals surface area contributed by atoms with Crippen LogP contribution in [0.2, 0.25) is 0 Å². The summed E-state index contributed by atoms with van der Waals surface area (Å²) in [7, 11) is 0. The standard InChI is InChI=1S/C13H17F2N3O3/c14-11(15)8-21-10-3-1-2-9(4-10)6-17-13(20)7-18-12(19)5-16/h1-4,11H,5-8,16H2,(H,17,20)(H,18,19). The van der Waals surface area contributed by atoms with Gasteiger partial charge in [0, 0.05) is 6.54 Å². The van der Waals surface area contributed by atoms with Crippen molar-refractivity contribution in [1.29, 1.82) is 0 Å². The van der Waals surface area contributed by atoms with Crippen LogP contribution < -0.4 is 21.1 Å². The lowest BCUT2D eigenvalue weighted by Gasteiger charge is -2.09. The van der Waals surface area contributed by atoms with Crippen LogP contribution in [-0.2, 0) is 16.1 Å². The number of alkyl halides is 2. The third-order valence-electron chi connectivity index (χ3n) is 2.40. The lowest BCUT2D eigenvalue weighted by atomic mass is 10.2. The molecule has 4 N–H and O–H groups in total. The first-order valence-corrected chi connectivity index (χ1v) is 6.24. The predicted octanol–water partition coefficient (Wildman–Crippen LogP) is 0.0216. The van der Waals surface area contributed by atoms with Crippen LogP contribution in [0.1, 0.15) is 5.56 Å². The van der Waals surface area contributed by atoms with Crippen LogP contribution in [0, 0.1) is 0 Å². The number of benzene rings is 1. The average molecular weight is 301 g/mol. The molecule has 21 heavy (non-hydrogen) atoms. The van der Waals surface area contributed by atoms with Crippen LogP contribution in [0.25, 0.3) is 0 Å². The largest absolute Gasteiger partial charge is 0.488 e. The topological polar surface area (TPSA) is 93.5 Å². The zero-order valence-corrected chi connectivity index (χ0v) is 11.3. The molecule has 0 radical (unpaired) electrons. The second-order valence-corrected chi connectivity index (χ2v) is 4.11. The highest BCUT2D eigenvalue weighted by Crippen LogP contribution is 2.14. The molecule has 0 aromatic heterocycles. The maximum absolute atomic E-state index is 12.0. The Bertz CT molecular complexity index is 483. The minimum atomic E-state index is -2.54. The fourth-order valence-electron chi connectivity index (χ4n) is 1.42. The van der Waals surface area contributed by atoms with E-state index < -0.39 is 18.9 Å². The molecule has 0 aliphatic heterocycles. The Labute approximate surface area is 120 Å². The second kappa shape index (κ2) is 8.85. The quantitative estimate of drug-likeness (QED) is 0.631. The minimum absolute atomic E-state index is 0.169. The van der Waals surface area contributed by atoms with Gasteiger partial charge in [-0.25, -0.2) is 8.78 Å². The molecule has 0 saturated carbocycles. The number of halogens is 2. The molecule has 0 fully saturated rings. The SMILES string of the molecule is NCC(=O)NCC(=O)NCc1cccc(OCC(F)F)c1. The lowest BCUT2D eigenvalue weighted by Crippen LogP contribution is -2.39. The second-order valence-electron chi connectivity index (χ2n) is 4.11. The summed E-state index contributed by atoms with van der Waals surface area (Å²) >= 11 is 0. The van der Waals surface area contributed by atoms with Crippen molar-refractivity contribution in [2.24, 2.45) is 5.73 Å². The summed E-state index contributed by atoms with van der Waals surface area (Å²) in [6, 6.07) is 6.46. The van der Waals surface area contributed by atoms with Crippen molar-refractivity contribution in [2.75, 3.05) is 19.7 Å². The van der Waals surface area contributed by atoms with Gasteiger partial charge in [0.2, 0.25) is 11.8 Å². The maximum atomic E-state index is 12.0. The molecule has 6 nitrogen and oxygen atoms in total. The molecule has 0 spiro atoms. The predicted molar refractivity (Wildman–Crippen MR) is 71.9 cm³/mol. The molecule has 0 aliphatic carbocycles. The van der Waals surface area contributed by atoms with E-state index in [9.17, 15) is 18.4 Å². The first-order valence-electron chi connectivity index (χ1n) is 6.24. The summed E-state index contributed by atoms with van der Waals surface area (Å²) < 4.78 is 28.9. The number of nitrogens with one attached hydrogen (secondary N) is 2. The third kappa shape index (κ3) is 7.21. The van der Waals surface area contributed by atoms with Crippen LogP contribution in [0.3, 0.4) is 0 Å². The Hall–Kier alpha value is -2.22. The zero-order valence-electron chi connectivity index (χ0n) is 11.3. The normalized spacial score (nSPS) is 10.3. The molecular formula is C13H17F2N3O3. The van der Waals surface area contributed by atoms with E-state index >= 15 is 0 Å². The number of hydrogen-bond acceptors (Lipinski definition) is 4. The maximum Gasteiger partial charge on any atom is 0.272 e. The molecule has 0 bridgehead atoms. The number of ether oxygens (including phenoxy) is 1. The highest BCUT2D eigenvalue weighted by molar-refractivity contribution is 5.85. The van der Waals surface area contributed by atoms with Gasteiger partial charge in [-0.15, -0.1) is 0 Å². The molecule has 1 aromatic carbocycles. The van der Waals surface area contributed by atoms with E-state index in [2.05, 4.69) is 10.6 Å². The van der Waals surface area contributed by atoms with Crippen molar-refractivity contribution in [1.82, 2.24) is 10.6 Å². The third-order valence-corrected chi connectivity index (χ3v) is 2.40. The molecule has 0 heterocycles. The number of amides is 2. The van der Waals surface area contributed by atoms with Gasteiger partial charge in [0.05, 0.1) is 13.1 Å².